The van der Waals surface area contributed by atoms with Crippen LogP contribution in [0.2, 0.25) is 0 Å². The Balaban J connectivity index is 1.51. The van der Waals surface area contributed by atoms with Gasteiger partial charge in [0.2, 0.25) is 5.91 Å². The van der Waals surface area contributed by atoms with Crippen LogP contribution < -0.4 is 10.2 Å². The molecular formula is C27H31N5O2S. The van der Waals surface area contributed by atoms with Crippen molar-refractivity contribution >= 4 is 29.0 Å². The van der Waals surface area contributed by atoms with Crippen LogP contribution in [0.1, 0.15) is 32.1 Å². The minimum atomic E-state index is -0.101. The number of hydrogen-bond acceptors (Lipinski definition) is 6. The summed E-state index contributed by atoms with van der Waals surface area (Å²) in [7, 11) is 3.96. The third-order valence-electron chi connectivity index (χ3n) is 5.62. The first-order chi connectivity index (χ1) is 16.7. The first-order valence-corrected chi connectivity index (χ1v) is 12.5. The van der Waals surface area contributed by atoms with Crippen LogP contribution in [0.25, 0.3) is 11.4 Å². The van der Waals surface area contributed by atoms with Crippen LogP contribution in [-0.2, 0) is 16.8 Å². The highest BCUT2D eigenvalue weighted by molar-refractivity contribution is 7.99. The van der Waals surface area contributed by atoms with Gasteiger partial charge >= 0.3 is 0 Å². The average Bonchev–Trinajstić information content (AvgIpc) is 3.48. The second kappa shape index (κ2) is 10.4. The molecule has 0 radical (unpaired) electrons. The molecule has 8 heteroatoms. The standard InChI is InChI=1S/C27H31N5O2S/c1-27(2,3)20-10-8-19(9-11-20)25-29-30-26(32(25)17-23-7-6-16-34-23)35-18-24(33)28-21-12-14-22(15-13-21)31(4)5/h6-16H,17-18H2,1-5H3,(H,28,33). The van der Waals surface area contributed by atoms with Crippen molar-refractivity contribution < 1.29 is 9.21 Å². The molecule has 35 heavy (non-hydrogen) atoms. The van der Waals surface area contributed by atoms with Crippen molar-refractivity contribution in [3.8, 4) is 11.4 Å². The highest BCUT2D eigenvalue weighted by Crippen LogP contribution is 2.28. The number of aromatic nitrogens is 3. The zero-order valence-electron chi connectivity index (χ0n) is 20.8. The van der Waals surface area contributed by atoms with E-state index in [9.17, 15) is 4.79 Å². The molecule has 0 unspecified atom stereocenters. The Labute approximate surface area is 210 Å². The molecule has 2 heterocycles. The fourth-order valence-corrected chi connectivity index (χ4v) is 4.34. The molecule has 4 rings (SSSR count). The summed E-state index contributed by atoms with van der Waals surface area (Å²) in [5.41, 5.74) is 4.13. The second-order valence-electron chi connectivity index (χ2n) is 9.58. The summed E-state index contributed by atoms with van der Waals surface area (Å²) >= 11 is 1.35. The SMILES string of the molecule is CN(C)c1ccc(NC(=O)CSc2nnc(-c3ccc(C(C)(C)C)cc3)n2Cc2ccco2)cc1. The van der Waals surface area contributed by atoms with E-state index in [1.165, 1.54) is 17.3 Å². The number of anilines is 2. The maximum absolute atomic E-state index is 12.6. The molecule has 0 aliphatic heterocycles. The van der Waals surface area contributed by atoms with Crippen molar-refractivity contribution in [2.24, 2.45) is 0 Å². The molecule has 0 aliphatic rings. The third-order valence-corrected chi connectivity index (χ3v) is 6.59. The molecule has 0 saturated carbocycles. The largest absolute Gasteiger partial charge is 0.467 e. The number of benzene rings is 2. The number of furan rings is 1. The molecule has 0 fully saturated rings. The van der Waals surface area contributed by atoms with E-state index in [1.807, 2.05) is 60.0 Å². The average molecular weight is 490 g/mol. The highest BCUT2D eigenvalue weighted by Gasteiger charge is 2.19. The Morgan fingerprint density at radius 1 is 1.03 bits per heavy atom. The van der Waals surface area contributed by atoms with Crippen molar-refractivity contribution in [2.75, 3.05) is 30.1 Å². The van der Waals surface area contributed by atoms with Gasteiger partial charge in [0.25, 0.3) is 0 Å². The molecule has 0 saturated heterocycles. The molecule has 0 spiro atoms. The summed E-state index contributed by atoms with van der Waals surface area (Å²) in [6.45, 7) is 7.06. The van der Waals surface area contributed by atoms with Crippen LogP contribution in [0.15, 0.2) is 76.5 Å². The maximum Gasteiger partial charge on any atom is 0.234 e. The number of carbonyl (C=O) groups is 1. The van der Waals surface area contributed by atoms with Crippen LogP contribution in [0.5, 0.6) is 0 Å². The summed E-state index contributed by atoms with van der Waals surface area (Å²) in [5, 5.41) is 12.5. The van der Waals surface area contributed by atoms with Gasteiger partial charge < -0.3 is 14.6 Å². The van der Waals surface area contributed by atoms with Gasteiger partial charge in [0, 0.05) is 31.0 Å². The lowest BCUT2D eigenvalue weighted by Gasteiger charge is -2.19. The van der Waals surface area contributed by atoms with Crippen LogP contribution in [0.3, 0.4) is 0 Å². The summed E-state index contributed by atoms with van der Waals surface area (Å²) < 4.78 is 7.57. The van der Waals surface area contributed by atoms with Crippen molar-refractivity contribution in [1.29, 1.82) is 0 Å². The first kappa shape index (κ1) is 24.6. The third kappa shape index (κ3) is 6.14. The quantitative estimate of drug-likeness (QED) is 0.321. The van der Waals surface area contributed by atoms with Gasteiger partial charge in [-0.2, -0.15) is 0 Å². The summed E-state index contributed by atoms with van der Waals surface area (Å²) in [6.07, 6.45) is 1.65. The van der Waals surface area contributed by atoms with Gasteiger partial charge in [0.1, 0.15) is 5.76 Å². The first-order valence-electron chi connectivity index (χ1n) is 11.5. The lowest BCUT2D eigenvalue weighted by molar-refractivity contribution is -0.113. The van der Waals surface area contributed by atoms with E-state index in [4.69, 9.17) is 4.42 Å². The topological polar surface area (TPSA) is 76.2 Å². The normalized spacial score (nSPS) is 11.5. The number of rotatable bonds is 8. The van der Waals surface area contributed by atoms with E-state index in [0.717, 1.165) is 28.5 Å². The molecule has 0 aliphatic carbocycles. The van der Waals surface area contributed by atoms with Crippen LogP contribution in [0, 0.1) is 0 Å². The van der Waals surface area contributed by atoms with E-state index in [-0.39, 0.29) is 17.1 Å². The molecule has 1 N–H and O–H groups in total. The predicted octanol–water partition coefficient (Wildman–Crippen LogP) is 5.68. The minimum Gasteiger partial charge on any atom is -0.467 e. The summed E-state index contributed by atoms with van der Waals surface area (Å²) in [5.74, 6) is 1.65. The van der Waals surface area contributed by atoms with Crippen LogP contribution >= 0.6 is 11.8 Å². The molecule has 4 aromatic rings. The number of amides is 1. The number of thioether (sulfide) groups is 1. The Bertz CT molecular complexity index is 1250. The molecule has 7 nitrogen and oxygen atoms in total. The summed E-state index contributed by atoms with van der Waals surface area (Å²) in [6, 6.07) is 19.9. The van der Waals surface area contributed by atoms with E-state index in [2.05, 4.69) is 60.6 Å². The Kier molecular flexibility index (Phi) is 7.31. The molecule has 1 amide bonds. The van der Waals surface area contributed by atoms with Crippen LogP contribution in [-0.4, -0.2) is 40.5 Å². The number of hydrogen-bond donors (Lipinski definition) is 1. The van der Waals surface area contributed by atoms with Gasteiger partial charge in [0.15, 0.2) is 11.0 Å². The molecule has 2 aromatic heterocycles. The molecule has 0 bridgehead atoms. The molecule has 182 valence electrons. The number of nitrogens with one attached hydrogen (secondary N) is 1. The van der Waals surface area contributed by atoms with E-state index in [1.54, 1.807) is 6.26 Å². The predicted molar refractivity (Wildman–Crippen MR) is 142 cm³/mol. The zero-order valence-corrected chi connectivity index (χ0v) is 21.6. The highest BCUT2D eigenvalue weighted by atomic mass is 32.2. The van der Waals surface area contributed by atoms with Crippen molar-refractivity contribution in [3.63, 3.8) is 0 Å². The van der Waals surface area contributed by atoms with E-state index < -0.39 is 0 Å². The smallest absolute Gasteiger partial charge is 0.234 e. The van der Waals surface area contributed by atoms with Gasteiger partial charge in [0.05, 0.1) is 18.6 Å². The Hall–Kier alpha value is -3.52. The fraction of sp³-hybridized carbons (Fsp3) is 0.296. The van der Waals surface area contributed by atoms with Gasteiger partial charge in [-0.15, -0.1) is 10.2 Å². The summed E-state index contributed by atoms with van der Waals surface area (Å²) in [4.78, 5) is 14.6. The molecular weight excluding hydrogens is 458 g/mol. The van der Waals surface area contributed by atoms with Crippen LogP contribution in [0.4, 0.5) is 11.4 Å². The monoisotopic (exact) mass is 489 g/mol. The Morgan fingerprint density at radius 3 is 2.34 bits per heavy atom. The van der Waals surface area contributed by atoms with Crippen molar-refractivity contribution in [2.45, 2.75) is 37.9 Å². The Morgan fingerprint density at radius 2 is 1.74 bits per heavy atom. The molecule has 0 atom stereocenters. The minimum absolute atomic E-state index is 0.0710. The van der Waals surface area contributed by atoms with E-state index >= 15 is 0 Å². The van der Waals surface area contributed by atoms with Gasteiger partial charge in [-0.05, 0) is 47.4 Å². The second-order valence-corrected chi connectivity index (χ2v) is 10.5. The zero-order chi connectivity index (χ0) is 25.0. The van der Waals surface area contributed by atoms with Gasteiger partial charge in [-0.1, -0.05) is 56.8 Å². The fourth-order valence-electron chi connectivity index (χ4n) is 3.60. The number of nitrogens with zero attached hydrogens (tertiary/aromatic N) is 4. The number of carbonyl (C=O) groups excluding carboxylic acids is 1. The van der Waals surface area contributed by atoms with Crippen molar-refractivity contribution in [3.05, 3.63) is 78.3 Å². The lowest BCUT2D eigenvalue weighted by atomic mass is 9.87. The van der Waals surface area contributed by atoms with E-state index in [0.29, 0.717) is 11.7 Å². The molecule has 2 aromatic carbocycles. The van der Waals surface area contributed by atoms with Gasteiger partial charge in [-0.3, -0.25) is 9.36 Å². The van der Waals surface area contributed by atoms with Crippen molar-refractivity contribution in [1.82, 2.24) is 14.8 Å². The maximum atomic E-state index is 12.6. The van der Waals surface area contributed by atoms with Gasteiger partial charge in [-0.25, -0.2) is 0 Å². The lowest BCUT2D eigenvalue weighted by Crippen LogP contribution is -2.15.